The van der Waals surface area contributed by atoms with Crippen LogP contribution in [0.2, 0.25) is 0 Å². The molecule has 0 spiro atoms. The highest BCUT2D eigenvalue weighted by Crippen LogP contribution is 2.58. The Balaban J connectivity index is 0.960. The van der Waals surface area contributed by atoms with Crippen LogP contribution in [0.25, 0.3) is 71.3 Å². The summed E-state index contributed by atoms with van der Waals surface area (Å²) in [5.41, 5.74) is 5.02. The van der Waals surface area contributed by atoms with E-state index in [0.717, 1.165) is 87.6 Å². The minimum atomic E-state index is -1.25. The number of carbonyl (C=O) groups is 2. The highest BCUT2D eigenvalue weighted by Gasteiger charge is 2.32. The van der Waals surface area contributed by atoms with E-state index in [-0.39, 0.29) is 16.6 Å². The predicted octanol–water partition coefficient (Wildman–Crippen LogP) is 15.3. The summed E-state index contributed by atoms with van der Waals surface area (Å²) in [6, 6.07) is 34.7. The minimum absolute atomic E-state index is 0.308. The first-order valence-electron chi connectivity index (χ1n) is 22.6. The summed E-state index contributed by atoms with van der Waals surface area (Å²) >= 11 is 9.30. The van der Waals surface area contributed by atoms with Crippen LogP contribution in [0, 0.1) is 22.7 Å². The molecule has 8 heterocycles. The van der Waals surface area contributed by atoms with E-state index in [4.69, 9.17) is 23.7 Å². The van der Waals surface area contributed by atoms with Crippen molar-refractivity contribution in [2.45, 2.75) is 26.2 Å². The Morgan fingerprint density at radius 2 is 1.00 bits per heavy atom. The van der Waals surface area contributed by atoms with Crippen LogP contribution >= 0.6 is 68.0 Å². The molecule has 0 unspecified atom stereocenters. The average molecular weight is 1080 g/mol. The lowest BCUT2D eigenvalue weighted by molar-refractivity contribution is -0.133. The number of hydrogen-bond donors (Lipinski definition) is 2. The molecule has 6 aromatic heterocycles. The van der Waals surface area contributed by atoms with E-state index >= 15 is 0 Å². The van der Waals surface area contributed by atoms with Gasteiger partial charge >= 0.3 is 11.9 Å². The lowest BCUT2D eigenvalue weighted by Gasteiger charge is -2.32. The molecule has 2 aliphatic heterocycles. The molecule has 0 atom stereocenters. The summed E-state index contributed by atoms with van der Waals surface area (Å²) in [4.78, 5) is 32.5. The van der Waals surface area contributed by atoms with Gasteiger partial charge in [-0.25, -0.2) is 9.59 Å². The van der Waals surface area contributed by atoms with Crippen molar-refractivity contribution in [1.82, 2.24) is 0 Å². The normalized spacial score (nSPS) is 13.5. The molecular formula is C55H39N3O9S6. The number of thiophene rings is 6. The Kier molecular flexibility index (Phi) is 12.6. The van der Waals surface area contributed by atoms with E-state index in [1.807, 2.05) is 24.3 Å². The molecule has 0 aliphatic carbocycles. The van der Waals surface area contributed by atoms with E-state index in [2.05, 4.69) is 92.4 Å². The predicted molar refractivity (Wildman–Crippen MR) is 295 cm³/mol. The number of carboxylic acids is 2. The summed E-state index contributed by atoms with van der Waals surface area (Å²) in [7, 11) is 1.66. The maximum absolute atomic E-state index is 11.5. The van der Waals surface area contributed by atoms with Gasteiger partial charge < -0.3 is 38.8 Å². The molecule has 9 aromatic rings. The molecule has 3 aromatic carbocycles. The van der Waals surface area contributed by atoms with Crippen molar-refractivity contribution in [2.75, 3.05) is 38.4 Å². The van der Waals surface area contributed by atoms with E-state index in [1.54, 1.807) is 64.6 Å². The molecule has 0 amide bonds. The minimum Gasteiger partial charge on any atom is -0.497 e. The Labute approximate surface area is 442 Å². The van der Waals surface area contributed by atoms with Crippen molar-refractivity contribution in [2.24, 2.45) is 0 Å². The topological polar surface area (TPSA) is 172 Å². The molecule has 11 rings (SSSR count). The third kappa shape index (κ3) is 9.01. The molecule has 2 N–H and O–H groups in total. The Hall–Kier alpha value is -7.42. The van der Waals surface area contributed by atoms with Gasteiger partial charge in [-0.1, -0.05) is 39.0 Å². The number of fused-ring (bicyclic) bond motifs is 4. The number of rotatable bonds is 12. The average Bonchev–Trinajstić information content (AvgIpc) is 4.25. The summed E-state index contributed by atoms with van der Waals surface area (Å²) in [5, 5.41) is 37.4. The maximum atomic E-state index is 11.5. The van der Waals surface area contributed by atoms with Crippen molar-refractivity contribution in [3.05, 3.63) is 117 Å². The first-order valence-corrected chi connectivity index (χ1v) is 27.5. The quantitative estimate of drug-likeness (QED) is 0.0877. The second-order valence-electron chi connectivity index (χ2n) is 17.7. The van der Waals surface area contributed by atoms with Crippen LogP contribution < -0.4 is 28.6 Å². The summed E-state index contributed by atoms with van der Waals surface area (Å²) < 4.78 is 34.9. The standard InChI is InChI=1S/C55H39N3O9S6/c1-55(2,3)37-21-29(50-46-48(67-18-16-65-46)52(73-50)44-25-42-40(71-44)23-36(69-42)20-31(27-57)54(61)62)7-14-38(37)58(33-10-12-34(63-4)13-11-33)32-8-5-28(6-9-32)49-45-47(66-17-15-64-45)51(72-49)43-24-41-39(70-43)22-35(68-41)19-30(26-56)53(59)60/h5-14,19-25H,15-18H2,1-4H3,(H,59,60)(H,61,62)/b30-19+,31-20+. The third-order valence-corrected chi connectivity index (χ3v) is 19.2. The molecule has 18 heteroatoms. The van der Waals surface area contributed by atoms with Gasteiger partial charge in [0.15, 0.2) is 23.0 Å². The lowest BCUT2D eigenvalue weighted by Crippen LogP contribution is -2.19. The number of aliphatic carboxylic acids is 2. The fraction of sp³-hybridized carbons (Fsp3) is 0.164. The largest absolute Gasteiger partial charge is 0.497 e. The van der Waals surface area contributed by atoms with Gasteiger partial charge in [-0.15, -0.1) is 68.0 Å². The number of benzene rings is 3. The molecule has 73 heavy (non-hydrogen) atoms. The highest BCUT2D eigenvalue weighted by atomic mass is 32.1. The van der Waals surface area contributed by atoms with Gasteiger partial charge in [-0.05, 0) is 107 Å². The number of nitriles is 2. The highest BCUT2D eigenvalue weighted by molar-refractivity contribution is 7.33. The fourth-order valence-corrected chi connectivity index (χ4v) is 15.9. The Morgan fingerprint density at radius 3 is 1.42 bits per heavy atom. The van der Waals surface area contributed by atoms with E-state index < -0.39 is 11.9 Å². The Bertz CT molecular complexity index is 3760. The van der Waals surface area contributed by atoms with Crippen LogP contribution in [0.4, 0.5) is 17.1 Å². The van der Waals surface area contributed by atoms with Crippen LogP contribution in [-0.2, 0) is 15.0 Å². The molecule has 0 radical (unpaired) electrons. The van der Waals surface area contributed by atoms with Gasteiger partial charge in [-0.3, -0.25) is 0 Å². The number of hydrogen-bond acceptors (Lipinski definition) is 16. The molecule has 0 saturated heterocycles. The molecule has 12 nitrogen and oxygen atoms in total. The molecule has 0 saturated carbocycles. The zero-order chi connectivity index (χ0) is 50.7. The first-order chi connectivity index (χ1) is 35.3. The second kappa shape index (κ2) is 19.2. The van der Waals surface area contributed by atoms with Gasteiger partial charge in [0, 0.05) is 45.6 Å². The fourth-order valence-electron chi connectivity index (χ4n) is 8.64. The number of nitrogens with zero attached hydrogens (tertiary/aromatic N) is 3. The molecular weight excluding hydrogens is 1040 g/mol. The maximum Gasteiger partial charge on any atom is 0.346 e. The van der Waals surface area contributed by atoms with Crippen molar-refractivity contribution >= 4 is 128 Å². The molecule has 364 valence electrons. The number of ether oxygens (including phenoxy) is 5. The van der Waals surface area contributed by atoms with Crippen molar-refractivity contribution in [1.29, 1.82) is 10.5 Å². The van der Waals surface area contributed by atoms with Gasteiger partial charge in [0.05, 0.1) is 36.4 Å². The van der Waals surface area contributed by atoms with Crippen LogP contribution in [0.15, 0.2) is 102 Å². The van der Waals surface area contributed by atoms with Crippen molar-refractivity contribution in [3.63, 3.8) is 0 Å². The number of carboxylic acid groups (broad SMARTS) is 2. The monoisotopic (exact) mass is 1080 g/mol. The zero-order valence-electron chi connectivity index (χ0n) is 39.2. The number of anilines is 3. The van der Waals surface area contributed by atoms with Gasteiger partial charge in [0.1, 0.15) is 55.5 Å². The smallest absolute Gasteiger partial charge is 0.346 e. The Morgan fingerprint density at radius 1 is 0.575 bits per heavy atom. The second-order valence-corrected chi connectivity index (χ2v) is 24.2. The number of methoxy groups -OCH3 is 1. The van der Waals surface area contributed by atoms with Gasteiger partial charge in [0.2, 0.25) is 0 Å². The SMILES string of the molecule is COc1ccc(N(c2ccc(-c3sc(-c4cc5sc(/C=C(\C#N)C(=O)O)cc5s4)c4c3OCCO4)cc2)c2ccc(-c3sc(-c4cc5sc(/C=C(\C#N)C(=O)O)cc5s4)c4c3OCCO4)cc2C(C)(C)C)cc1. The summed E-state index contributed by atoms with van der Waals surface area (Å²) in [6.07, 6.45) is 2.82. The first kappa shape index (κ1) is 47.9. The molecule has 0 bridgehead atoms. The lowest BCUT2D eigenvalue weighted by atomic mass is 9.84. The van der Waals surface area contributed by atoms with Gasteiger partial charge in [0.25, 0.3) is 0 Å². The summed E-state index contributed by atoms with van der Waals surface area (Å²) in [6.45, 7) is 8.35. The van der Waals surface area contributed by atoms with E-state index in [9.17, 15) is 30.3 Å². The third-order valence-electron chi connectivity index (χ3n) is 12.0. The van der Waals surface area contributed by atoms with Crippen molar-refractivity contribution in [3.8, 4) is 81.3 Å². The molecule has 2 aliphatic rings. The van der Waals surface area contributed by atoms with E-state index in [1.165, 1.54) is 34.8 Å². The molecule has 0 fully saturated rings. The van der Waals surface area contributed by atoms with Crippen LogP contribution in [0.1, 0.15) is 36.1 Å². The van der Waals surface area contributed by atoms with E-state index in [0.29, 0.717) is 59.2 Å². The van der Waals surface area contributed by atoms with Crippen LogP contribution in [-0.4, -0.2) is 55.7 Å². The zero-order valence-corrected chi connectivity index (χ0v) is 44.1. The van der Waals surface area contributed by atoms with Crippen LogP contribution in [0.5, 0.6) is 28.7 Å². The van der Waals surface area contributed by atoms with Crippen LogP contribution in [0.3, 0.4) is 0 Å². The van der Waals surface area contributed by atoms with Gasteiger partial charge in [-0.2, -0.15) is 10.5 Å². The van der Waals surface area contributed by atoms with Crippen molar-refractivity contribution < 1.29 is 43.5 Å². The summed E-state index contributed by atoms with van der Waals surface area (Å²) in [5.74, 6) is 1.08.